The summed E-state index contributed by atoms with van der Waals surface area (Å²) in [6.45, 7) is 6.45. The minimum absolute atomic E-state index is 0.0412. The Balaban J connectivity index is 2.54. The molecule has 3 atom stereocenters. The van der Waals surface area contributed by atoms with Crippen LogP contribution in [-0.2, 0) is 4.79 Å². The summed E-state index contributed by atoms with van der Waals surface area (Å²) in [5, 5.41) is 6.24. The first-order chi connectivity index (χ1) is 7.06. The average Bonchev–Trinajstić information content (AvgIpc) is 2.59. The molecule has 2 N–H and O–H groups in total. The summed E-state index contributed by atoms with van der Waals surface area (Å²) in [6.07, 6.45) is 3.79. The first kappa shape index (κ1) is 12.5. The largest absolute Gasteiger partial charge is 0.358 e. The van der Waals surface area contributed by atoms with Crippen molar-refractivity contribution in [1.29, 1.82) is 0 Å². The molecule has 0 aromatic heterocycles. The molecule has 0 aliphatic heterocycles. The normalized spacial score (nSPS) is 28.1. The molecule has 3 unspecified atom stereocenters. The summed E-state index contributed by atoms with van der Waals surface area (Å²) in [7, 11) is 1.71. The summed E-state index contributed by atoms with van der Waals surface area (Å²) in [5.74, 6) is 1.16. The van der Waals surface area contributed by atoms with Crippen LogP contribution in [0.2, 0.25) is 0 Å². The zero-order chi connectivity index (χ0) is 11.4. The van der Waals surface area contributed by atoms with E-state index in [1.807, 2.05) is 0 Å². The van der Waals surface area contributed by atoms with Crippen LogP contribution in [0.1, 0.15) is 40.0 Å². The van der Waals surface area contributed by atoms with Gasteiger partial charge in [0.2, 0.25) is 5.91 Å². The van der Waals surface area contributed by atoms with Crippen molar-refractivity contribution in [2.75, 3.05) is 7.05 Å². The van der Waals surface area contributed by atoms with Crippen LogP contribution < -0.4 is 10.6 Å². The van der Waals surface area contributed by atoms with Gasteiger partial charge in [0.05, 0.1) is 6.04 Å². The Bertz CT molecular complexity index is 216. The molecule has 0 spiro atoms. The van der Waals surface area contributed by atoms with Crippen molar-refractivity contribution in [3.05, 3.63) is 0 Å². The van der Waals surface area contributed by atoms with Gasteiger partial charge in [0.1, 0.15) is 0 Å². The summed E-state index contributed by atoms with van der Waals surface area (Å²) in [6, 6.07) is 0.482. The fraction of sp³-hybridized carbons (Fsp3) is 0.917. The Hall–Kier alpha value is -0.570. The second kappa shape index (κ2) is 5.50. The quantitative estimate of drug-likeness (QED) is 0.742. The average molecular weight is 212 g/mol. The van der Waals surface area contributed by atoms with Gasteiger partial charge in [-0.15, -0.1) is 0 Å². The molecule has 0 saturated heterocycles. The lowest BCUT2D eigenvalue weighted by Gasteiger charge is -2.27. The van der Waals surface area contributed by atoms with Crippen LogP contribution >= 0.6 is 0 Å². The summed E-state index contributed by atoms with van der Waals surface area (Å²) in [5.41, 5.74) is 0. The maximum Gasteiger partial charge on any atom is 0.237 e. The lowest BCUT2D eigenvalue weighted by atomic mass is 9.99. The van der Waals surface area contributed by atoms with E-state index in [0.29, 0.717) is 17.9 Å². The third kappa shape index (κ3) is 3.20. The van der Waals surface area contributed by atoms with Gasteiger partial charge in [0.15, 0.2) is 0 Å². The number of carbonyl (C=O) groups excluding carboxylic acids is 1. The molecule has 88 valence electrons. The molecule has 1 saturated carbocycles. The van der Waals surface area contributed by atoms with Gasteiger partial charge in [-0.05, 0) is 24.7 Å². The molecule has 1 aliphatic carbocycles. The van der Waals surface area contributed by atoms with E-state index in [1.165, 1.54) is 19.3 Å². The molecule has 1 aliphatic rings. The van der Waals surface area contributed by atoms with Crippen molar-refractivity contribution in [2.45, 2.75) is 52.1 Å². The smallest absolute Gasteiger partial charge is 0.237 e. The Morgan fingerprint density at radius 2 is 2.00 bits per heavy atom. The molecule has 3 heteroatoms. The van der Waals surface area contributed by atoms with Crippen LogP contribution in [0.3, 0.4) is 0 Å². The van der Waals surface area contributed by atoms with E-state index in [4.69, 9.17) is 0 Å². The molecule has 1 fully saturated rings. The lowest BCUT2D eigenvalue weighted by Crippen LogP contribution is -2.51. The predicted molar refractivity (Wildman–Crippen MR) is 62.6 cm³/mol. The van der Waals surface area contributed by atoms with Crippen LogP contribution in [0.25, 0.3) is 0 Å². The van der Waals surface area contributed by atoms with E-state index in [0.717, 1.165) is 0 Å². The Morgan fingerprint density at radius 3 is 2.40 bits per heavy atom. The van der Waals surface area contributed by atoms with Crippen LogP contribution in [0.15, 0.2) is 0 Å². The minimum atomic E-state index is -0.0412. The Labute approximate surface area is 93.0 Å². The molecule has 1 amide bonds. The van der Waals surface area contributed by atoms with Gasteiger partial charge in [-0.2, -0.15) is 0 Å². The SMILES string of the molecule is CNC(=O)C(NC1CCCC1C)C(C)C. The number of rotatable bonds is 4. The van der Waals surface area contributed by atoms with Crippen LogP contribution in [-0.4, -0.2) is 25.0 Å². The highest BCUT2D eigenvalue weighted by Crippen LogP contribution is 2.25. The number of hydrogen-bond acceptors (Lipinski definition) is 2. The van der Waals surface area contributed by atoms with Gasteiger partial charge in [-0.25, -0.2) is 0 Å². The van der Waals surface area contributed by atoms with Crippen molar-refractivity contribution in [2.24, 2.45) is 11.8 Å². The molecule has 0 heterocycles. The van der Waals surface area contributed by atoms with Gasteiger partial charge in [-0.1, -0.05) is 27.2 Å². The molecule has 0 aromatic rings. The highest BCUT2D eigenvalue weighted by Gasteiger charge is 2.29. The summed E-state index contributed by atoms with van der Waals surface area (Å²) in [4.78, 5) is 11.7. The molecular weight excluding hydrogens is 188 g/mol. The Kier molecular flexibility index (Phi) is 4.58. The maximum absolute atomic E-state index is 11.7. The highest BCUT2D eigenvalue weighted by atomic mass is 16.2. The van der Waals surface area contributed by atoms with Crippen molar-refractivity contribution in [3.8, 4) is 0 Å². The van der Waals surface area contributed by atoms with E-state index >= 15 is 0 Å². The Morgan fingerprint density at radius 1 is 1.33 bits per heavy atom. The summed E-state index contributed by atoms with van der Waals surface area (Å²) >= 11 is 0. The van der Waals surface area contributed by atoms with Crippen LogP contribution in [0.4, 0.5) is 0 Å². The van der Waals surface area contributed by atoms with E-state index in [-0.39, 0.29) is 11.9 Å². The van der Waals surface area contributed by atoms with Gasteiger partial charge in [-0.3, -0.25) is 4.79 Å². The number of hydrogen-bond donors (Lipinski definition) is 2. The van der Waals surface area contributed by atoms with Crippen LogP contribution in [0, 0.1) is 11.8 Å². The molecule has 0 aromatic carbocycles. The number of carbonyl (C=O) groups is 1. The third-order valence-electron chi connectivity index (χ3n) is 3.45. The van der Waals surface area contributed by atoms with E-state index < -0.39 is 0 Å². The fourth-order valence-electron chi connectivity index (χ4n) is 2.35. The molecule has 0 radical (unpaired) electrons. The predicted octanol–water partition coefficient (Wildman–Crippen LogP) is 1.54. The van der Waals surface area contributed by atoms with Gasteiger partial charge in [0.25, 0.3) is 0 Å². The van der Waals surface area contributed by atoms with Gasteiger partial charge >= 0.3 is 0 Å². The number of likely N-dealkylation sites (N-methyl/N-ethyl adjacent to an activating group) is 1. The van der Waals surface area contributed by atoms with E-state index in [1.54, 1.807) is 7.05 Å². The van der Waals surface area contributed by atoms with Crippen LogP contribution in [0.5, 0.6) is 0 Å². The molecule has 15 heavy (non-hydrogen) atoms. The topological polar surface area (TPSA) is 41.1 Å². The minimum Gasteiger partial charge on any atom is -0.358 e. The van der Waals surface area contributed by atoms with Gasteiger partial charge < -0.3 is 10.6 Å². The molecule has 0 bridgehead atoms. The zero-order valence-electron chi connectivity index (χ0n) is 10.3. The van der Waals surface area contributed by atoms with Crippen molar-refractivity contribution < 1.29 is 4.79 Å². The summed E-state index contributed by atoms with van der Waals surface area (Å²) < 4.78 is 0. The van der Waals surface area contributed by atoms with Gasteiger partial charge in [0, 0.05) is 13.1 Å². The first-order valence-electron chi connectivity index (χ1n) is 6.04. The molecule has 3 nitrogen and oxygen atoms in total. The number of nitrogens with one attached hydrogen (secondary N) is 2. The van der Waals surface area contributed by atoms with E-state index in [9.17, 15) is 4.79 Å². The van der Waals surface area contributed by atoms with E-state index in [2.05, 4.69) is 31.4 Å². The number of amides is 1. The van der Waals surface area contributed by atoms with Crippen molar-refractivity contribution >= 4 is 5.91 Å². The monoisotopic (exact) mass is 212 g/mol. The zero-order valence-corrected chi connectivity index (χ0v) is 10.3. The lowest BCUT2D eigenvalue weighted by molar-refractivity contribution is -0.123. The van der Waals surface area contributed by atoms with Crippen molar-refractivity contribution in [3.63, 3.8) is 0 Å². The standard InChI is InChI=1S/C12H24N2O/c1-8(2)11(12(15)13-4)14-10-7-5-6-9(10)3/h8-11,14H,5-7H2,1-4H3,(H,13,15). The maximum atomic E-state index is 11.7. The molecular formula is C12H24N2O. The second-order valence-electron chi connectivity index (χ2n) is 5.02. The van der Waals surface area contributed by atoms with Crippen molar-refractivity contribution in [1.82, 2.24) is 10.6 Å². The second-order valence-corrected chi connectivity index (χ2v) is 5.02. The molecule has 1 rings (SSSR count). The highest BCUT2D eigenvalue weighted by molar-refractivity contribution is 5.81. The fourth-order valence-corrected chi connectivity index (χ4v) is 2.35. The third-order valence-corrected chi connectivity index (χ3v) is 3.45. The first-order valence-corrected chi connectivity index (χ1v) is 6.04.